The molecule has 22 nitrogen and oxygen atoms in total. The van der Waals surface area contributed by atoms with E-state index >= 15 is 0 Å². The van der Waals surface area contributed by atoms with Crippen LogP contribution in [0.2, 0.25) is 0 Å². The number of halogens is 2. The fraction of sp³-hybridized carbons (Fsp3) is 0.333. The van der Waals surface area contributed by atoms with Crippen molar-refractivity contribution in [1.82, 2.24) is 50.3 Å². The van der Waals surface area contributed by atoms with Crippen molar-refractivity contribution in [3.05, 3.63) is 98.4 Å². The SMILES string of the molecule is CC1(C)OB(c2ccn[nH]2)OC1(C)C.NCCCO.Nc1nc(NCCCO)c2ccc(-c3ccn[nH]3)cc2n1.Nc1nc(NCCCO)c2ccc(Br)cc2n1.Nc1nc2cc(Br)ccc2c(=O)[nH]1. The van der Waals surface area contributed by atoms with E-state index in [4.69, 9.17) is 47.6 Å². The smallest absolute Gasteiger partial charge is 0.398 e. The molecule has 1 saturated heterocycles. The number of aliphatic hydroxyl groups is 3. The van der Waals surface area contributed by atoms with Crippen LogP contribution in [0.5, 0.6) is 0 Å². The molecule has 25 heteroatoms. The summed E-state index contributed by atoms with van der Waals surface area (Å²) in [6.07, 6.45) is 5.44. The number of benzene rings is 3. The maximum absolute atomic E-state index is 11.3. The fourth-order valence-corrected chi connectivity index (χ4v) is 6.98. The summed E-state index contributed by atoms with van der Waals surface area (Å²) in [7, 11) is -0.331. The van der Waals surface area contributed by atoms with Crippen molar-refractivity contribution in [2.75, 3.05) is 67.3 Å². The molecular formula is C45H59BBr2N16O6. The predicted octanol–water partition coefficient (Wildman–Crippen LogP) is 4.47. The summed E-state index contributed by atoms with van der Waals surface area (Å²) in [5.74, 6) is 1.98. The molecule has 5 aromatic heterocycles. The molecule has 0 aliphatic carbocycles. The molecule has 3 aromatic carbocycles. The first kappa shape index (κ1) is 54.6. The largest absolute Gasteiger partial charge is 0.513 e. The zero-order valence-electron chi connectivity index (χ0n) is 39.2. The van der Waals surface area contributed by atoms with Crippen LogP contribution in [0, 0.1) is 0 Å². The van der Waals surface area contributed by atoms with Crippen LogP contribution < -0.4 is 44.7 Å². The molecule has 1 fully saturated rings. The number of hydrogen-bond acceptors (Lipinski definition) is 19. The van der Waals surface area contributed by atoms with E-state index in [1.165, 1.54) is 0 Å². The van der Waals surface area contributed by atoms with Crippen LogP contribution in [0.4, 0.5) is 29.5 Å². The number of hydrogen-bond donors (Lipinski definition) is 12. The van der Waals surface area contributed by atoms with Crippen LogP contribution in [-0.2, 0) is 9.31 Å². The van der Waals surface area contributed by atoms with Gasteiger partial charge in [-0.2, -0.15) is 20.2 Å². The van der Waals surface area contributed by atoms with Gasteiger partial charge in [0.25, 0.3) is 5.56 Å². The van der Waals surface area contributed by atoms with E-state index in [-0.39, 0.29) is 61.5 Å². The van der Waals surface area contributed by atoms with Gasteiger partial charge in [-0.3, -0.25) is 20.0 Å². The minimum Gasteiger partial charge on any atom is -0.398 e. The highest BCUT2D eigenvalue weighted by Gasteiger charge is 2.52. The first-order valence-corrected chi connectivity index (χ1v) is 23.7. The molecular weight excluding hydrogens is 1030 g/mol. The zero-order valence-corrected chi connectivity index (χ0v) is 42.4. The number of nitrogen functional groups attached to an aromatic ring is 3. The van der Waals surface area contributed by atoms with Crippen molar-refractivity contribution in [1.29, 1.82) is 0 Å². The van der Waals surface area contributed by atoms with Crippen molar-refractivity contribution in [2.24, 2.45) is 5.73 Å². The monoisotopic (exact) mass is 1090 g/mol. The molecule has 6 heterocycles. The van der Waals surface area contributed by atoms with E-state index in [0.29, 0.717) is 55.0 Å². The summed E-state index contributed by atoms with van der Waals surface area (Å²) < 4.78 is 13.5. The van der Waals surface area contributed by atoms with Gasteiger partial charge in [0.1, 0.15) is 11.6 Å². The Balaban J connectivity index is 0.000000171. The highest BCUT2D eigenvalue weighted by Crippen LogP contribution is 2.36. The van der Waals surface area contributed by atoms with Gasteiger partial charge in [-0.25, -0.2) is 15.0 Å². The topological polar surface area (TPSA) is 362 Å². The second-order valence-electron chi connectivity index (χ2n) is 16.3. The minimum absolute atomic E-state index is 0.134. The molecule has 0 amide bonds. The lowest BCUT2D eigenvalue weighted by atomic mass is 9.85. The molecule has 0 saturated carbocycles. The molecule has 1 aliphatic heterocycles. The van der Waals surface area contributed by atoms with Crippen LogP contribution in [0.3, 0.4) is 0 Å². The third-order valence-electron chi connectivity index (χ3n) is 10.5. The van der Waals surface area contributed by atoms with E-state index in [1.807, 2.05) is 76.2 Å². The molecule has 0 spiro atoms. The summed E-state index contributed by atoms with van der Waals surface area (Å²) in [6.45, 7) is 10.5. The number of anilines is 5. The summed E-state index contributed by atoms with van der Waals surface area (Å²) >= 11 is 6.68. The Bertz CT molecular complexity index is 2920. The van der Waals surface area contributed by atoms with Crippen molar-refractivity contribution in [3.63, 3.8) is 0 Å². The second kappa shape index (κ2) is 26.1. The lowest BCUT2D eigenvalue weighted by Crippen LogP contribution is -2.41. The number of nitrogens with zero attached hydrogens (tertiary/aromatic N) is 7. The van der Waals surface area contributed by atoms with E-state index in [2.05, 4.69) is 92.8 Å². The van der Waals surface area contributed by atoms with E-state index in [1.54, 1.807) is 30.6 Å². The number of aliphatic hydroxyl groups excluding tert-OH is 3. The Kier molecular flexibility index (Phi) is 20.3. The van der Waals surface area contributed by atoms with Crippen molar-refractivity contribution >= 4 is 107 Å². The summed E-state index contributed by atoms with van der Waals surface area (Å²) in [5, 5.41) is 47.8. The van der Waals surface area contributed by atoms with Crippen LogP contribution in [-0.4, -0.2) is 123 Å². The number of nitrogens with one attached hydrogen (secondary N) is 5. The molecule has 0 atom stereocenters. The zero-order chi connectivity index (χ0) is 50.8. The average Bonchev–Trinajstić information content (AvgIpc) is 4.09. The third kappa shape index (κ3) is 15.3. The Morgan fingerprint density at radius 2 is 1.14 bits per heavy atom. The van der Waals surface area contributed by atoms with E-state index in [9.17, 15) is 4.79 Å². The van der Waals surface area contributed by atoms with Gasteiger partial charge < -0.3 is 58.2 Å². The van der Waals surface area contributed by atoms with Crippen LogP contribution in [0.25, 0.3) is 44.0 Å². The van der Waals surface area contributed by atoms with Gasteiger partial charge in [-0.05, 0) is 114 Å². The highest BCUT2D eigenvalue weighted by molar-refractivity contribution is 9.10. The molecule has 16 N–H and O–H groups in total. The number of aromatic amines is 3. The highest BCUT2D eigenvalue weighted by atomic mass is 79.9. The molecule has 70 heavy (non-hydrogen) atoms. The standard InChI is InChI=1S/C14H16N6O.C11H13BrN4O.C9H15BN2O2.C8H6BrN3O.C3H9NO/c15-14-18-12-8-9(11-4-6-17-20-11)2-3-10(12)13(19-14)16-5-1-7-21;12-7-2-3-8-9(6-7)15-11(13)16-10(8)14-4-1-5-17;1-8(2)9(3,4)14-10(13-8)7-5-6-11-12-7;9-4-1-2-5-6(3-4)11-8(10)12-7(5)13;4-2-1-3-5/h2-4,6,8,21H,1,5,7H2,(H,17,20)(H3,15,16,18,19);2-3,6,17H,1,4-5H2,(H3,13,14,15,16);5-6H,1-4H3,(H,11,12);1-3H,(H3,10,11,12,13);5H,1-4H2. The molecule has 9 rings (SSSR count). The predicted molar refractivity (Wildman–Crippen MR) is 283 cm³/mol. The van der Waals surface area contributed by atoms with Crippen LogP contribution in [0.1, 0.15) is 47.0 Å². The average molecular weight is 1090 g/mol. The van der Waals surface area contributed by atoms with Crippen molar-refractivity contribution in [2.45, 2.75) is 58.2 Å². The van der Waals surface area contributed by atoms with Gasteiger partial charge in [-0.15, -0.1) is 0 Å². The number of aromatic nitrogens is 10. The van der Waals surface area contributed by atoms with Gasteiger partial charge in [0.05, 0.1) is 44.4 Å². The van der Waals surface area contributed by atoms with Gasteiger partial charge in [-0.1, -0.05) is 37.9 Å². The normalized spacial score (nSPS) is 13.3. The molecule has 0 unspecified atom stereocenters. The Morgan fingerprint density at radius 1 is 0.643 bits per heavy atom. The summed E-state index contributed by atoms with van der Waals surface area (Å²) in [5.41, 5.74) is 25.9. The third-order valence-corrected chi connectivity index (χ3v) is 11.5. The van der Waals surface area contributed by atoms with Gasteiger partial charge in [0.2, 0.25) is 17.8 Å². The van der Waals surface area contributed by atoms with E-state index in [0.717, 1.165) is 54.0 Å². The molecule has 8 aromatic rings. The number of nitrogens with two attached hydrogens (primary N) is 4. The van der Waals surface area contributed by atoms with Gasteiger partial charge in [0.15, 0.2) is 0 Å². The molecule has 0 bridgehead atoms. The second-order valence-corrected chi connectivity index (χ2v) is 18.1. The van der Waals surface area contributed by atoms with Crippen LogP contribution in [0.15, 0.2) is 92.9 Å². The Hall–Kier alpha value is -6.32. The van der Waals surface area contributed by atoms with Crippen molar-refractivity contribution in [3.8, 4) is 11.3 Å². The van der Waals surface area contributed by atoms with Crippen molar-refractivity contribution < 1.29 is 24.6 Å². The Labute approximate surface area is 420 Å². The van der Waals surface area contributed by atoms with Gasteiger partial charge >= 0.3 is 7.12 Å². The molecule has 0 radical (unpaired) electrons. The Morgan fingerprint density at radius 3 is 1.63 bits per heavy atom. The lowest BCUT2D eigenvalue weighted by Gasteiger charge is -2.32. The lowest BCUT2D eigenvalue weighted by molar-refractivity contribution is 0.00578. The first-order chi connectivity index (χ1) is 33.5. The van der Waals surface area contributed by atoms with E-state index < -0.39 is 0 Å². The minimum atomic E-state index is -0.331. The summed E-state index contributed by atoms with van der Waals surface area (Å²) in [4.78, 5) is 34.6. The maximum Gasteiger partial charge on any atom is 0.513 e. The van der Waals surface area contributed by atoms with Crippen LogP contribution >= 0.6 is 31.9 Å². The quantitative estimate of drug-likeness (QED) is 0.0593. The number of H-pyrrole nitrogens is 3. The summed E-state index contributed by atoms with van der Waals surface area (Å²) in [6, 6.07) is 20.6. The maximum atomic E-state index is 11.3. The van der Waals surface area contributed by atoms with Gasteiger partial charge in [0, 0.05) is 70.6 Å². The molecule has 372 valence electrons. The first-order valence-electron chi connectivity index (χ1n) is 22.1. The number of fused-ring (bicyclic) bond motifs is 3. The number of rotatable bonds is 12. The molecule has 1 aliphatic rings. The fourth-order valence-electron chi connectivity index (χ4n) is 6.28.